The number of thioether (sulfide) groups is 1. The molecule has 7 nitrogen and oxygen atoms in total. The summed E-state index contributed by atoms with van der Waals surface area (Å²) in [7, 11) is -3.04. The van der Waals surface area contributed by atoms with E-state index in [9.17, 15) is 18.0 Å². The number of fused-ring (bicyclic) bond motifs is 1. The summed E-state index contributed by atoms with van der Waals surface area (Å²) in [4.78, 5) is 29.6. The normalized spacial score (nSPS) is 18.9. The van der Waals surface area contributed by atoms with Crippen LogP contribution in [0, 0.1) is 5.92 Å². The number of amides is 1. The summed E-state index contributed by atoms with van der Waals surface area (Å²) in [6.45, 7) is 4.55. The summed E-state index contributed by atoms with van der Waals surface area (Å²) in [5.74, 6) is 0.198. The van der Waals surface area contributed by atoms with E-state index in [4.69, 9.17) is 0 Å². The van der Waals surface area contributed by atoms with Crippen LogP contribution in [0.25, 0.3) is 10.9 Å². The van der Waals surface area contributed by atoms with Gasteiger partial charge < -0.3 is 5.32 Å². The van der Waals surface area contributed by atoms with Gasteiger partial charge in [-0.1, -0.05) is 37.7 Å². The molecule has 146 valence electrons. The fraction of sp³-hybridized carbons (Fsp3) is 0.500. The van der Waals surface area contributed by atoms with Gasteiger partial charge in [0.1, 0.15) is 0 Å². The topological polar surface area (TPSA) is 98.1 Å². The molecule has 3 rings (SSSR count). The zero-order chi connectivity index (χ0) is 19.6. The van der Waals surface area contributed by atoms with Crippen molar-refractivity contribution < 1.29 is 13.2 Å². The Kier molecular flexibility index (Phi) is 5.90. The maximum atomic E-state index is 12.8. The molecule has 1 aliphatic rings. The van der Waals surface area contributed by atoms with Crippen LogP contribution in [0.1, 0.15) is 20.3 Å². The highest BCUT2D eigenvalue weighted by Crippen LogP contribution is 2.19. The third-order valence-corrected chi connectivity index (χ3v) is 7.05. The van der Waals surface area contributed by atoms with Gasteiger partial charge >= 0.3 is 0 Å². The maximum absolute atomic E-state index is 12.8. The zero-order valence-electron chi connectivity index (χ0n) is 15.3. The van der Waals surface area contributed by atoms with Gasteiger partial charge in [-0.05, 0) is 24.5 Å². The minimum absolute atomic E-state index is 0.00428. The smallest absolute Gasteiger partial charge is 0.262 e. The van der Waals surface area contributed by atoms with Gasteiger partial charge in [-0.25, -0.2) is 13.4 Å². The number of carbonyl (C=O) groups excluding carboxylic acids is 1. The molecule has 1 atom stereocenters. The summed E-state index contributed by atoms with van der Waals surface area (Å²) in [6, 6.07) is 6.84. The minimum atomic E-state index is -3.04. The van der Waals surface area contributed by atoms with Crippen molar-refractivity contribution in [2.45, 2.75) is 38.0 Å². The lowest BCUT2D eigenvalue weighted by Crippen LogP contribution is -2.37. The lowest BCUT2D eigenvalue weighted by molar-refractivity contribution is -0.119. The van der Waals surface area contributed by atoms with Gasteiger partial charge in [-0.15, -0.1) is 0 Å². The van der Waals surface area contributed by atoms with Gasteiger partial charge in [0, 0.05) is 12.6 Å². The van der Waals surface area contributed by atoms with Gasteiger partial charge in [0.05, 0.1) is 28.2 Å². The number of hydrogen-bond donors (Lipinski definition) is 1. The van der Waals surface area contributed by atoms with Gasteiger partial charge in [0.2, 0.25) is 5.91 Å². The Hall–Kier alpha value is -1.87. The Morgan fingerprint density at radius 3 is 2.78 bits per heavy atom. The number of hydrogen-bond acceptors (Lipinski definition) is 6. The largest absolute Gasteiger partial charge is 0.352 e. The maximum Gasteiger partial charge on any atom is 0.262 e. The van der Waals surface area contributed by atoms with Crippen LogP contribution in [0.15, 0.2) is 34.2 Å². The van der Waals surface area contributed by atoms with Gasteiger partial charge in [0.25, 0.3) is 5.56 Å². The van der Waals surface area contributed by atoms with Gasteiger partial charge in [0.15, 0.2) is 15.0 Å². The number of rotatable bonds is 6. The van der Waals surface area contributed by atoms with E-state index in [-0.39, 0.29) is 40.7 Å². The van der Waals surface area contributed by atoms with E-state index >= 15 is 0 Å². The highest BCUT2D eigenvalue weighted by atomic mass is 32.2. The fourth-order valence-electron chi connectivity index (χ4n) is 3.09. The number of sulfone groups is 1. The number of carbonyl (C=O) groups is 1. The first-order valence-electron chi connectivity index (χ1n) is 8.87. The predicted octanol–water partition coefficient (Wildman–Crippen LogP) is 1.45. The van der Waals surface area contributed by atoms with Gasteiger partial charge in [-0.2, -0.15) is 0 Å². The molecule has 1 aromatic carbocycles. The molecular formula is C18H23N3O4S2. The van der Waals surface area contributed by atoms with Crippen LogP contribution in [0.4, 0.5) is 0 Å². The van der Waals surface area contributed by atoms with Crippen molar-refractivity contribution in [2.75, 3.05) is 17.3 Å². The van der Waals surface area contributed by atoms with Crippen LogP contribution in [-0.4, -0.2) is 47.2 Å². The first-order valence-corrected chi connectivity index (χ1v) is 11.7. The molecule has 0 saturated carbocycles. The number of benzene rings is 1. The number of nitrogens with zero attached hydrogens (tertiary/aromatic N) is 2. The predicted molar refractivity (Wildman–Crippen MR) is 107 cm³/mol. The minimum Gasteiger partial charge on any atom is -0.352 e. The van der Waals surface area contributed by atoms with Crippen molar-refractivity contribution in [1.82, 2.24) is 14.9 Å². The summed E-state index contributed by atoms with van der Waals surface area (Å²) >= 11 is 1.20. The number of para-hydroxylation sites is 1. The lowest BCUT2D eigenvalue weighted by atomic mass is 10.2. The van der Waals surface area contributed by atoms with Crippen molar-refractivity contribution in [3.8, 4) is 0 Å². The van der Waals surface area contributed by atoms with Crippen molar-refractivity contribution in [3.05, 3.63) is 34.6 Å². The molecule has 1 aliphatic heterocycles. The SMILES string of the molecule is CC(C)Cn1c(SCC(=O)N[C@H]2CCS(=O)(=O)C2)nc2ccccc2c1=O. The Morgan fingerprint density at radius 1 is 1.37 bits per heavy atom. The van der Waals surface area contributed by atoms with E-state index in [0.29, 0.717) is 29.0 Å². The van der Waals surface area contributed by atoms with E-state index in [1.54, 1.807) is 22.8 Å². The average molecular weight is 410 g/mol. The van der Waals surface area contributed by atoms with Crippen molar-refractivity contribution in [1.29, 1.82) is 0 Å². The summed E-state index contributed by atoms with van der Waals surface area (Å²) in [5.41, 5.74) is 0.492. The summed E-state index contributed by atoms with van der Waals surface area (Å²) in [5, 5.41) is 3.82. The molecule has 0 radical (unpaired) electrons. The molecule has 0 aliphatic carbocycles. The third kappa shape index (κ3) is 4.90. The van der Waals surface area contributed by atoms with Crippen LogP contribution < -0.4 is 10.9 Å². The quantitative estimate of drug-likeness (QED) is 0.573. The molecule has 0 unspecified atom stereocenters. The molecule has 27 heavy (non-hydrogen) atoms. The van der Waals surface area contributed by atoms with Crippen LogP contribution in [-0.2, 0) is 21.2 Å². The van der Waals surface area contributed by atoms with E-state index in [1.165, 1.54) is 11.8 Å². The molecule has 0 spiro atoms. The molecule has 2 aromatic rings. The Morgan fingerprint density at radius 2 is 2.11 bits per heavy atom. The molecule has 1 saturated heterocycles. The highest BCUT2D eigenvalue weighted by molar-refractivity contribution is 7.99. The standard InChI is InChI=1S/C18H23N3O4S2/c1-12(2)9-21-17(23)14-5-3-4-6-15(14)20-18(21)26-10-16(22)19-13-7-8-27(24,25)11-13/h3-6,12-13H,7-11H2,1-2H3,(H,19,22)/t13-/m0/s1. The molecule has 9 heteroatoms. The summed E-state index contributed by atoms with van der Waals surface area (Å²) in [6.07, 6.45) is 0.449. The van der Waals surface area contributed by atoms with E-state index in [0.717, 1.165) is 0 Å². The third-order valence-electron chi connectivity index (χ3n) is 4.30. The Bertz CT molecular complexity index is 1010. The number of aromatic nitrogens is 2. The van der Waals surface area contributed by atoms with Crippen molar-refractivity contribution in [3.63, 3.8) is 0 Å². The molecule has 2 heterocycles. The second-order valence-corrected chi connectivity index (χ2v) is 10.3. The molecule has 0 bridgehead atoms. The van der Waals surface area contributed by atoms with E-state index < -0.39 is 9.84 Å². The van der Waals surface area contributed by atoms with Crippen molar-refractivity contribution in [2.24, 2.45) is 5.92 Å². The van der Waals surface area contributed by atoms with Crippen LogP contribution in [0.2, 0.25) is 0 Å². The molecule has 1 aromatic heterocycles. The van der Waals surface area contributed by atoms with Crippen molar-refractivity contribution >= 4 is 38.4 Å². The second-order valence-electron chi connectivity index (χ2n) is 7.18. The second kappa shape index (κ2) is 8.02. The molecule has 1 amide bonds. The fourth-order valence-corrected chi connectivity index (χ4v) is 5.59. The molecule has 1 N–H and O–H groups in total. The molecular weight excluding hydrogens is 386 g/mol. The van der Waals surface area contributed by atoms with Crippen LogP contribution >= 0.6 is 11.8 Å². The Labute approximate surface area is 162 Å². The van der Waals surface area contributed by atoms with E-state index in [1.807, 2.05) is 19.9 Å². The zero-order valence-corrected chi connectivity index (χ0v) is 17.0. The first kappa shape index (κ1) is 19.9. The van der Waals surface area contributed by atoms with E-state index in [2.05, 4.69) is 10.3 Å². The Balaban J connectivity index is 1.77. The molecule has 1 fully saturated rings. The average Bonchev–Trinajstić information content (AvgIpc) is 2.94. The van der Waals surface area contributed by atoms with Gasteiger partial charge in [-0.3, -0.25) is 14.2 Å². The highest BCUT2D eigenvalue weighted by Gasteiger charge is 2.28. The van der Waals surface area contributed by atoms with Crippen LogP contribution in [0.3, 0.4) is 0 Å². The monoisotopic (exact) mass is 409 g/mol. The summed E-state index contributed by atoms with van der Waals surface area (Å²) < 4.78 is 24.6. The van der Waals surface area contributed by atoms with Crippen LogP contribution in [0.5, 0.6) is 0 Å². The first-order chi connectivity index (χ1) is 12.7. The lowest BCUT2D eigenvalue weighted by Gasteiger charge is -2.15. The number of nitrogens with one attached hydrogen (secondary N) is 1.